The topological polar surface area (TPSA) is 478 Å². The molecule has 0 N–H and O–H groups in total. The van der Waals surface area contributed by atoms with E-state index in [0.717, 1.165) is 0 Å². The van der Waals surface area contributed by atoms with E-state index in [-0.39, 0.29) is 224 Å². The van der Waals surface area contributed by atoms with E-state index in [4.69, 9.17) is 112 Å². The fourth-order valence-electron chi connectivity index (χ4n) is 0. The molecule has 0 radical (unpaired) electrons. The predicted octanol–water partition coefficient (Wildman–Crippen LogP) is -0.925. The summed E-state index contributed by atoms with van der Waals surface area (Å²) in [6.07, 6.45) is 0. The summed E-state index contributed by atoms with van der Waals surface area (Å²) in [5.74, 6) is 0. The van der Waals surface area contributed by atoms with Crippen molar-refractivity contribution in [3.8, 4) is 0 Å². The van der Waals surface area contributed by atoms with Gasteiger partial charge in [0.05, 0.1) is 0 Å². The predicted molar refractivity (Wildman–Crippen MR) is 94.3 cm³/mol. The third kappa shape index (κ3) is 133000. The van der Waals surface area contributed by atoms with Gasteiger partial charge in [-0.05, 0) is 0 Å². The molecule has 0 fully saturated rings. The van der Waals surface area contributed by atoms with Crippen molar-refractivity contribution in [1.82, 2.24) is 0 Å². The molecule has 0 unspecified atom stereocenters. The van der Waals surface area contributed by atoms with Gasteiger partial charge in [-0.3, -0.25) is 0 Å². The van der Waals surface area contributed by atoms with Crippen molar-refractivity contribution < 1.29 is 335 Å². The van der Waals surface area contributed by atoms with Gasteiger partial charge < -0.3 is 89.5 Å². The summed E-state index contributed by atoms with van der Waals surface area (Å²) in [6.45, 7) is 108. The van der Waals surface area contributed by atoms with E-state index >= 15 is 0 Å². The van der Waals surface area contributed by atoms with Crippen molar-refractivity contribution in [2.24, 2.45) is 0 Å². The van der Waals surface area contributed by atoms with Gasteiger partial charge >= 0.3 is 406 Å². The molecule has 34 heteroatoms. The van der Waals surface area contributed by atoms with Crippen LogP contribution in [0.5, 0.6) is 0 Å². The maximum absolute atomic E-state index is 7.50. The fraction of sp³-hybridized carbons (Fsp3) is 0. The Morgan fingerprint density at radius 3 is 0.0862 bits per heavy atom. The largest absolute Gasteiger partial charge is 1.00 e. The van der Waals surface area contributed by atoms with E-state index in [2.05, 4.69) is 160 Å². The van der Waals surface area contributed by atoms with Gasteiger partial charge in [-0.1, -0.05) is 0 Å². The van der Waals surface area contributed by atoms with Gasteiger partial charge in [0.15, 0.2) is 0 Å². The third-order valence-corrected chi connectivity index (χ3v) is 0. The van der Waals surface area contributed by atoms with Gasteiger partial charge in [0.25, 0.3) is 0 Å². The van der Waals surface area contributed by atoms with Crippen LogP contribution in [0.2, 0.25) is 0 Å². The third-order valence-electron chi connectivity index (χ3n) is 0. The van der Waals surface area contributed by atoms with Gasteiger partial charge in [0.2, 0.25) is 0 Å². The average Bonchev–Trinajstić information content (AvgIpc) is 3.34. The van der Waals surface area contributed by atoms with Crippen molar-refractivity contribution in [3.05, 3.63) is 160 Å². The maximum Gasteiger partial charge on any atom is -1.00 e. The second-order valence-electron chi connectivity index (χ2n) is 0. The monoisotopic (exact) mass is 1680 g/mol. The first-order chi connectivity index (χ1) is 24.0. The average molecular weight is 1690 g/mol. The molecular formula is C24Ag6Nb4O24+2. The van der Waals surface area contributed by atoms with Crippen LogP contribution in [-0.4, -0.2) is 0 Å². The zero-order valence-corrected chi connectivity index (χ0v) is 43.1. The van der Waals surface area contributed by atoms with Crippen LogP contribution in [0.3, 0.4) is 0 Å². The SMILES string of the molecule is [Ag+].[Ag+].[Ag+].[Ag+].[Ag+].[Ag+].[C-]#[O+].[C-]#[O+].[C-]#[O+].[C-]#[O+].[C-]#[O+].[C-]#[O+].[C-]#[O+].[C-]#[O+].[C-]#[O+].[C-]#[O+].[C-]#[O+].[C-]#[O+].[C-]#[O+].[C-]#[O+].[C-]#[O+].[C-]#[O+].[C-]#[O+].[C-]#[O+].[C-]#[O+].[C-]#[O+].[C-]#[O+].[C-]#[O+].[C-]#[O+].[C-]#[O+].[Nb-].[Nb-].[Nb-].[Nb-]. The minimum Gasteiger partial charge on any atom is -1.00 e. The van der Waals surface area contributed by atoms with Crippen LogP contribution < -0.4 is 0 Å². The summed E-state index contributed by atoms with van der Waals surface area (Å²) in [6, 6.07) is 0. The summed E-state index contributed by atoms with van der Waals surface area (Å²) >= 11 is 0. The Kier molecular flexibility index (Phi) is 766000. The van der Waals surface area contributed by atoms with E-state index in [0.29, 0.717) is 0 Å². The molecule has 0 saturated carbocycles. The maximum atomic E-state index is 7.50. The van der Waals surface area contributed by atoms with Crippen molar-refractivity contribution in [2.45, 2.75) is 0 Å². The molecule has 324 valence electrons. The summed E-state index contributed by atoms with van der Waals surface area (Å²) < 4.78 is 180. The molecule has 24 nitrogen and oxygen atoms in total. The molecule has 0 aliphatic rings. The van der Waals surface area contributed by atoms with Crippen molar-refractivity contribution in [2.75, 3.05) is 0 Å². The minimum atomic E-state index is 0. The molecule has 0 rings (SSSR count). The number of hydrogen-bond donors (Lipinski definition) is 0. The molecule has 0 aliphatic heterocycles. The first kappa shape index (κ1) is 316. The van der Waals surface area contributed by atoms with E-state index in [1.165, 1.54) is 0 Å². The van der Waals surface area contributed by atoms with Crippen LogP contribution in [0.4, 0.5) is 0 Å². The van der Waals surface area contributed by atoms with Crippen molar-refractivity contribution >= 4 is 0 Å². The molecular weight excluding hydrogens is 1690 g/mol. The Morgan fingerprint density at radius 1 is 0.0862 bits per heavy atom. The first-order valence-corrected chi connectivity index (χ1v) is 4.90. The van der Waals surface area contributed by atoms with Gasteiger partial charge in [0.1, 0.15) is 0 Å². The molecule has 58 heavy (non-hydrogen) atoms. The van der Waals surface area contributed by atoms with Crippen LogP contribution in [0, 0.1) is 160 Å². The molecule has 0 aromatic heterocycles. The second-order valence-corrected chi connectivity index (χ2v) is 0. The zero-order chi connectivity index (χ0) is 48.0. The zero-order valence-electron chi connectivity index (χ0n) is 25.4. The molecule has 0 atom stereocenters. The van der Waals surface area contributed by atoms with Crippen LogP contribution in [-0.2, 0) is 335 Å². The minimum absolute atomic E-state index is 0. The first-order valence-electron chi connectivity index (χ1n) is 4.90. The van der Waals surface area contributed by atoms with Gasteiger partial charge in [-0.2, -0.15) is 0 Å². The summed E-state index contributed by atoms with van der Waals surface area (Å²) in [4.78, 5) is 0. The molecule has 0 amide bonds. The Balaban J connectivity index is -0.00000000321. The van der Waals surface area contributed by atoms with E-state index in [1.807, 2.05) is 0 Å². The summed E-state index contributed by atoms with van der Waals surface area (Å²) in [5, 5.41) is 0. The van der Waals surface area contributed by atoms with Crippen LogP contribution in [0.25, 0.3) is 0 Å². The Labute approximate surface area is 488 Å². The van der Waals surface area contributed by atoms with E-state index in [9.17, 15) is 0 Å². The standard InChI is InChI=1S/24CO.6Ag.4Nb/c24*1-2;;;;;;;;;;/q;;;;;;;;;;;;;;;;;;;;;;;;6*+1;4*-1. The molecule has 0 heterocycles. The Morgan fingerprint density at radius 2 is 0.0862 bits per heavy atom. The smallest absolute Gasteiger partial charge is 1.00 e. The van der Waals surface area contributed by atoms with Gasteiger partial charge in [-0.25, -0.2) is 0 Å². The van der Waals surface area contributed by atoms with Crippen molar-refractivity contribution in [3.63, 3.8) is 0 Å². The second kappa shape index (κ2) is 141000. The van der Waals surface area contributed by atoms with E-state index < -0.39 is 0 Å². The van der Waals surface area contributed by atoms with Gasteiger partial charge in [-0.15, -0.1) is 0 Å². The Hall–Kier alpha value is 1.16. The molecule has 0 spiro atoms. The summed E-state index contributed by atoms with van der Waals surface area (Å²) in [7, 11) is 0. The Bertz CT molecular complexity index is 540. The van der Waals surface area contributed by atoms with Crippen molar-refractivity contribution in [1.29, 1.82) is 0 Å². The van der Waals surface area contributed by atoms with E-state index in [1.54, 1.807) is 0 Å². The number of hydrogen-bond acceptors (Lipinski definition) is 0. The van der Waals surface area contributed by atoms with Crippen LogP contribution in [0.15, 0.2) is 0 Å². The normalized spacial score (nSPS) is 0.828. The van der Waals surface area contributed by atoms with Crippen LogP contribution in [0.1, 0.15) is 0 Å². The molecule has 0 saturated heterocycles. The molecule has 0 aliphatic carbocycles. The fourth-order valence-corrected chi connectivity index (χ4v) is 0. The van der Waals surface area contributed by atoms with Crippen LogP contribution >= 0.6 is 0 Å². The summed E-state index contributed by atoms with van der Waals surface area (Å²) in [5.41, 5.74) is 0. The quantitative estimate of drug-likeness (QED) is 0.161. The van der Waals surface area contributed by atoms with Gasteiger partial charge in [0, 0.05) is 0 Å². The number of rotatable bonds is 0. The molecule has 0 bridgehead atoms. The molecule has 0 aromatic rings. The molecule has 0 aromatic carbocycles.